The largest absolute Gasteiger partial charge is 0.343 e. The first-order valence-corrected chi connectivity index (χ1v) is 9.12. The normalized spacial score (nSPS) is 18.8. The van der Waals surface area contributed by atoms with Crippen LogP contribution in [0.1, 0.15) is 18.4 Å². The Morgan fingerprint density at radius 1 is 1.43 bits per heavy atom. The van der Waals surface area contributed by atoms with E-state index in [0.717, 1.165) is 18.4 Å². The lowest BCUT2D eigenvalue weighted by Gasteiger charge is -2.22. The van der Waals surface area contributed by atoms with Gasteiger partial charge in [0.05, 0.1) is 18.9 Å². The van der Waals surface area contributed by atoms with Crippen LogP contribution in [0.5, 0.6) is 0 Å². The van der Waals surface area contributed by atoms with E-state index in [0.29, 0.717) is 5.06 Å². The molecule has 6 nitrogen and oxygen atoms in total. The van der Waals surface area contributed by atoms with E-state index in [1.807, 2.05) is 30.3 Å². The topological polar surface area (TPSA) is 89.9 Å². The SMILES string of the molecule is CP(=O)(O)C(NCC(=O)N(O)Cc1ccccc1)C1CC1. The highest BCUT2D eigenvalue weighted by atomic mass is 31.2. The van der Waals surface area contributed by atoms with E-state index < -0.39 is 19.1 Å². The quantitative estimate of drug-likeness (QED) is 0.404. The van der Waals surface area contributed by atoms with Crippen molar-refractivity contribution in [3.05, 3.63) is 35.9 Å². The molecule has 0 aromatic heterocycles. The lowest BCUT2D eigenvalue weighted by molar-refractivity contribution is -0.166. The fourth-order valence-electron chi connectivity index (χ4n) is 2.27. The Hall–Kier alpha value is -1.20. The lowest BCUT2D eigenvalue weighted by Crippen LogP contribution is -2.40. The third-order valence-corrected chi connectivity index (χ3v) is 5.15. The molecule has 0 spiro atoms. The highest BCUT2D eigenvalue weighted by Crippen LogP contribution is 2.51. The first-order valence-electron chi connectivity index (χ1n) is 6.94. The number of rotatable bonds is 7. The molecule has 3 N–H and O–H groups in total. The van der Waals surface area contributed by atoms with Crippen LogP contribution in [0.25, 0.3) is 0 Å². The molecule has 2 atom stereocenters. The van der Waals surface area contributed by atoms with Crippen molar-refractivity contribution in [2.24, 2.45) is 5.92 Å². The Bertz CT molecular complexity index is 527. The first kappa shape index (κ1) is 16.2. The molecule has 1 aromatic carbocycles. The first-order chi connectivity index (χ1) is 9.88. The van der Waals surface area contributed by atoms with Gasteiger partial charge in [-0.15, -0.1) is 0 Å². The second kappa shape index (κ2) is 6.71. The Labute approximate surface area is 124 Å². The molecule has 1 fully saturated rings. The van der Waals surface area contributed by atoms with Crippen LogP contribution in [-0.2, 0) is 15.9 Å². The van der Waals surface area contributed by atoms with Gasteiger partial charge in [-0.2, -0.15) is 0 Å². The Morgan fingerprint density at radius 3 is 2.57 bits per heavy atom. The molecule has 1 saturated carbocycles. The molecule has 0 saturated heterocycles. The van der Waals surface area contributed by atoms with Gasteiger partial charge in [-0.1, -0.05) is 30.3 Å². The minimum atomic E-state index is -3.29. The summed E-state index contributed by atoms with van der Waals surface area (Å²) in [5, 5.41) is 13.2. The number of carbonyl (C=O) groups excluding carboxylic acids is 1. The van der Waals surface area contributed by atoms with Crippen molar-refractivity contribution in [1.29, 1.82) is 0 Å². The molecule has 0 aliphatic heterocycles. The molecule has 1 aliphatic rings. The summed E-state index contributed by atoms with van der Waals surface area (Å²) in [4.78, 5) is 21.5. The van der Waals surface area contributed by atoms with Gasteiger partial charge in [-0.05, 0) is 24.3 Å². The van der Waals surface area contributed by atoms with Crippen molar-refractivity contribution in [1.82, 2.24) is 10.4 Å². The average molecular weight is 312 g/mol. The minimum absolute atomic E-state index is 0.0956. The maximum atomic E-state index is 11.9. The molecule has 0 radical (unpaired) electrons. The Kier molecular flexibility index (Phi) is 5.17. The summed E-state index contributed by atoms with van der Waals surface area (Å²) in [5.74, 6) is -0.926. The van der Waals surface area contributed by atoms with E-state index in [9.17, 15) is 19.5 Å². The van der Waals surface area contributed by atoms with Gasteiger partial charge in [0.2, 0.25) is 7.37 Å². The van der Waals surface area contributed by atoms with Crippen LogP contribution in [0.2, 0.25) is 0 Å². The van der Waals surface area contributed by atoms with E-state index >= 15 is 0 Å². The zero-order valence-corrected chi connectivity index (χ0v) is 12.9. The molecule has 7 heteroatoms. The van der Waals surface area contributed by atoms with Crippen LogP contribution in [0.3, 0.4) is 0 Å². The van der Waals surface area contributed by atoms with Crippen molar-refractivity contribution in [3.8, 4) is 0 Å². The maximum absolute atomic E-state index is 11.9. The summed E-state index contributed by atoms with van der Waals surface area (Å²) in [7, 11) is -3.29. The monoisotopic (exact) mass is 312 g/mol. The van der Waals surface area contributed by atoms with Crippen molar-refractivity contribution in [2.75, 3.05) is 13.2 Å². The molecule has 116 valence electrons. The van der Waals surface area contributed by atoms with Gasteiger partial charge in [0, 0.05) is 6.66 Å². The molecule has 2 rings (SSSR count). The lowest BCUT2D eigenvalue weighted by atomic mass is 10.2. The smallest absolute Gasteiger partial charge is 0.260 e. The summed E-state index contributed by atoms with van der Waals surface area (Å²) in [5.41, 5.74) is 0.815. The number of nitrogens with zero attached hydrogens (tertiary/aromatic N) is 1. The summed E-state index contributed by atoms with van der Waals surface area (Å²) in [6, 6.07) is 9.13. The van der Waals surface area contributed by atoms with Crippen LogP contribution < -0.4 is 5.32 Å². The number of hydroxylamine groups is 2. The van der Waals surface area contributed by atoms with Crippen molar-refractivity contribution < 1.29 is 19.5 Å². The van der Waals surface area contributed by atoms with Gasteiger partial charge in [0.1, 0.15) is 0 Å². The van der Waals surface area contributed by atoms with E-state index in [4.69, 9.17) is 0 Å². The average Bonchev–Trinajstić information content (AvgIpc) is 3.23. The summed E-state index contributed by atoms with van der Waals surface area (Å²) < 4.78 is 11.8. The van der Waals surface area contributed by atoms with Crippen molar-refractivity contribution in [3.63, 3.8) is 0 Å². The van der Waals surface area contributed by atoms with Crippen molar-refractivity contribution >= 4 is 13.3 Å². The zero-order valence-electron chi connectivity index (χ0n) is 12.0. The van der Waals surface area contributed by atoms with Crippen LogP contribution in [0.4, 0.5) is 0 Å². The predicted octanol–water partition coefficient (Wildman–Crippen LogP) is 1.63. The van der Waals surface area contributed by atoms with Gasteiger partial charge >= 0.3 is 0 Å². The van der Waals surface area contributed by atoms with Gasteiger partial charge in [-0.3, -0.25) is 19.9 Å². The number of carbonyl (C=O) groups is 1. The number of nitrogens with one attached hydrogen (secondary N) is 1. The number of hydrogen-bond acceptors (Lipinski definition) is 4. The van der Waals surface area contributed by atoms with Crippen LogP contribution in [0, 0.1) is 5.92 Å². The number of benzene rings is 1. The molecule has 2 unspecified atom stereocenters. The third-order valence-electron chi connectivity index (χ3n) is 3.51. The van der Waals surface area contributed by atoms with Crippen molar-refractivity contribution in [2.45, 2.75) is 25.2 Å². The highest BCUT2D eigenvalue weighted by Gasteiger charge is 2.40. The third kappa shape index (κ3) is 4.93. The van der Waals surface area contributed by atoms with E-state index in [1.165, 1.54) is 6.66 Å². The summed E-state index contributed by atoms with van der Waals surface area (Å²) >= 11 is 0. The van der Waals surface area contributed by atoms with Gasteiger partial charge in [0.15, 0.2) is 0 Å². The molecule has 21 heavy (non-hydrogen) atoms. The minimum Gasteiger partial charge on any atom is -0.343 e. The van der Waals surface area contributed by atoms with E-state index in [2.05, 4.69) is 5.32 Å². The van der Waals surface area contributed by atoms with Gasteiger partial charge in [-0.25, -0.2) is 5.06 Å². The molecule has 1 amide bonds. The second-order valence-corrected chi connectivity index (χ2v) is 7.99. The highest BCUT2D eigenvalue weighted by molar-refractivity contribution is 7.57. The van der Waals surface area contributed by atoms with Gasteiger partial charge < -0.3 is 4.89 Å². The predicted molar refractivity (Wildman–Crippen MR) is 79.0 cm³/mol. The summed E-state index contributed by atoms with van der Waals surface area (Å²) in [6.45, 7) is 1.25. The Balaban J connectivity index is 1.84. The molecular formula is C14H21N2O4P. The molecule has 1 aliphatic carbocycles. The van der Waals surface area contributed by atoms with E-state index in [-0.39, 0.29) is 19.0 Å². The zero-order chi connectivity index (χ0) is 15.5. The van der Waals surface area contributed by atoms with Crippen LogP contribution in [-0.4, -0.2) is 40.1 Å². The second-order valence-electron chi connectivity index (χ2n) is 5.54. The fraction of sp³-hybridized carbons (Fsp3) is 0.500. The molecule has 0 bridgehead atoms. The number of amides is 1. The fourth-order valence-corrected chi connectivity index (χ4v) is 3.78. The molecule has 0 heterocycles. The van der Waals surface area contributed by atoms with Crippen LogP contribution >= 0.6 is 7.37 Å². The summed E-state index contributed by atoms with van der Waals surface area (Å²) in [6.07, 6.45) is 1.80. The Morgan fingerprint density at radius 2 is 2.05 bits per heavy atom. The molecular weight excluding hydrogens is 291 g/mol. The molecule has 1 aromatic rings. The standard InChI is InChI=1S/C14H21N2O4P/c1-21(19,20)14(12-7-8-12)15-9-13(17)16(18)10-11-5-3-2-4-6-11/h2-6,12,14-15,18H,7-10H2,1H3,(H,19,20). The number of hydrogen-bond donors (Lipinski definition) is 3. The van der Waals surface area contributed by atoms with Crippen LogP contribution in [0.15, 0.2) is 30.3 Å². The maximum Gasteiger partial charge on any atom is 0.260 e. The van der Waals surface area contributed by atoms with E-state index in [1.54, 1.807) is 0 Å². The van der Waals surface area contributed by atoms with Gasteiger partial charge in [0.25, 0.3) is 5.91 Å².